The molecular weight excluding hydrogens is 1560 g/mol. The van der Waals surface area contributed by atoms with Gasteiger partial charge in [-0.3, -0.25) is 0 Å². The Hall–Kier alpha value is -14.3. The number of para-hydroxylation sites is 3. The van der Waals surface area contributed by atoms with Crippen molar-refractivity contribution < 1.29 is 4.42 Å². The zero-order chi connectivity index (χ0) is 88.6. The maximum atomic E-state index is 7.50. The van der Waals surface area contributed by atoms with Gasteiger partial charge in [-0.05, 0) is 235 Å². The quantitative estimate of drug-likeness (QED) is 0.114. The third-order valence-corrected chi connectivity index (χ3v) is 27.6. The zero-order valence-electron chi connectivity index (χ0n) is 73.1. The second kappa shape index (κ2) is 30.7. The van der Waals surface area contributed by atoms with Crippen LogP contribution in [-0.4, -0.2) is 78.6 Å². The van der Waals surface area contributed by atoms with Crippen LogP contribution in [0.2, 0.25) is 0 Å². The molecule has 3 aromatic heterocycles. The molecule has 0 N–H and O–H groups in total. The van der Waals surface area contributed by atoms with Crippen LogP contribution in [0.15, 0.2) is 362 Å². The Kier molecular flexibility index (Phi) is 19.0. The van der Waals surface area contributed by atoms with E-state index in [2.05, 4.69) is 403 Å². The van der Waals surface area contributed by atoms with E-state index >= 15 is 0 Å². The van der Waals surface area contributed by atoms with Crippen molar-refractivity contribution in [3.8, 4) is 100 Å². The van der Waals surface area contributed by atoms with Crippen molar-refractivity contribution in [2.45, 2.75) is 58.3 Å². The summed E-state index contributed by atoms with van der Waals surface area (Å²) in [4.78, 5) is 2.67. The smallest absolute Gasteiger partial charge is 0.247 e. The summed E-state index contributed by atoms with van der Waals surface area (Å²) >= 11 is 0. The van der Waals surface area contributed by atoms with E-state index in [1.54, 1.807) is 0 Å². The molecule has 18 aromatic carbocycles. The van der Waals surface area contributed by atoms with Crippen molar-refractivity contribution in [1.82, 2.24) is 9.13 Å². The van der Waals surface area contributed by atoms with Crippen LogP contribution in [0.5, 0.6) is 0 Å². The van der Waals surface area contributed by atoms with E-state index in [1.807, 2.05) is 10.6 Å². The Morgan fingerprint density at radius 3 is 1.25 bits per heavy atom. The fraction of sp³-hybridized carbons (Fsp3) is 0.0769. The number of fused-ring (bicyclic) bond motifs is 13. The molecule has 0 saturated carbocycles. The lowest BCUT2D eigenvalue weighted by Crippen LogP contribution is -2.62. The van der Waals surface area contributed by atoms with Gasteiger partial charge in [0.25, 0.3) is 0 Å². The van der Waals surface area contributed by atoms with Crippen molar-refractivity contribution in [1.29, 1.82) is 0 Å². The first-order valence-corrected chi connectivity index (χ1v) is 44.5. The summed E-state index contributed by atoms with van der Waals surface area (Å²) in [6, 6.07) is 133. The van der Waals surface area contributed by atoms with Gasteiger partial charge in [0.15, 0.2) is 0 Å². The first-order chi connectivity index (χ1) is 63.1. The van der Waals surface area contributed by atoms with Crippen molar-refractivity contribution in [2.24, 2.45) is 0 Å². The monoisotopic (exact) mass is 1640 g/mol. The van der Waals surface area contributed by atoms with Gasteiger partial charge in [-0.1, -0.05) is 330 Å². The number of nitrogens with zero attached hydrogens (tertiary/aromatic N) is 3. The second-order valence-corrected chi connectivity index (χ2v) is 37.1. The summed E-state index contributed by atoms with van der Waals surface area (Å²) in [5.41, 5.74) is 36.3. The van der Waals surface area contributed by atoms with E-state index in [9.17, 15) is 0 Å². The van der Waals surface area contributed by atoms with Crippen LogP contribution < -0.4 is 65.0 Å². The maximum absolute atomic E-state index is 7.50. The van der Waals surface area contributed by atoms with Crippen LogP contribution in [0.3, 0.4) is 0 Å². The molecule has 1 atom stereocenters. The SMILES string of the molecule is [B]c1c([B])c([B])c2c(c1[B])c1c([B])c([B])c([B])c([B])c1n2-c1ccc2c(c1)C(c1c(-c3ccccc3)cc(-c3ccc(C(C)(C)C)cc3)cc1-c1ccccc1)c1cc(-c3ccc4oc5ccccc5c4c3)cc3c1B2c1ccc(-c2ccc4c(c2)c2ccccc2n4-c2ccccc2)cc1N3c1c(-c2ccccc2)cc(-c2ccc(C(C)(C)C)cc2)cc1-c1ccccc1. The average molecular weight is 1640 g/mol. The summed E-state index contributed by atoms with van der Waals surface area (Å²) in [7, 11) is 57.7. The Balaban J connectivity index is 0.906. The highest BCUT2D eigenvalue weighted by molar-refractivity contribution is 6.99. The summed E-state index contributed by atoms with van der Waals surface area (Å²) in [6.45, 7) is 13.2. The summed E-state index contributed by atoms with van der Waals surface area (Å²) in [5, 5.41) is 5.23. The molecule has 0 spiro atoms. The summed E-state index contributed by atoms with van der Waals surface area (Å²) in [6.07, 6.45) is 0. The summed E-state index contributed by atoms with van der Waals surface area (Å²) < 4.78 is 11.2. The van der Waals surface area contributed by atoms with Gasteiger partial charge in [0.1, 0.15) is 73.9 Å². The van der Waals surface area contributed by atoms with Gasteiger partial charge in [-0.2, -0.15) is 0 Å². The number of rotatable bonds is 12. The lowest BCUT2D eigenvalue weighted by Gasteiger charge is -2.45. The predicted molar refractivity (Wildman–Crippen MR) is 560 cm³/mol. The van der Waals surface area contributed by atoms with Gasteiger partial charge in [0.05, 0.1) is 16.7 Å². The van der Waals surface area contributed by atoms with E-state index in [1.165, 1.54) is 11.1 Å². The molecule has 1 unspecified atom stereocenters. The van der Waals surface area contributed by atoms with E-state index in [-0.39, 0.29) is 54.5 Å². The Morgan fingerprint density at radius 2 is 0.692 bits per heavy atom. The number of aromatic nitrogens is 2. The van der Waals surface area contributed by atoms with Crippen molar-refractivity contribution in [3.63, 3.8) is 0 Å². The highest BCUT2D eigenvalue weighted by Crippen LogP contribution is 2.55. The molecule has 0 fully saturated rings. The lowest BCUT2D eigenvalue weighted by atomic mass is 9.31. The number of anilines is 3. The molecule has 0 bridgehead atoms. The maximum Gasteiger partial charge on any atom is 0.247 e. The van der Waals surface area contributed by atoms with Crippen LogP contribution in [0.1, 0.15) is 75.3 Å². The molecule has 21 aromatic rings. The number of hydrogen-bond acceptors (Lipinski definition) is 2. The van der Waals surface area contributed by atoms with E-state index in [0.717, 1.165) is 189 Å². The van der Waals surface area contributed by atoms with Crippen molar-refractivity contribution >= 4 is 212 Å². The van der Waals surface area contributed by atoms with Crippen molar-refractivity contribution in [2.75, 3.05) is 4.90 Å². The lowest BCUT2D eigenvalue weighted by molar-refractivity contribution is 0.590. The standard InChI is InChI=1S/C117H78B9N3O/c1-116(2,3)78-47-40-66(41-48-78)75-58-84(68-26-12-7-13-27-68)100(85(59-75)69-28-14-8-15-29-69)101-90-65-81(128-114-102(104(118)106(120)108(122)110(114)124)103-105(119)107(121)109(123)111(125)115(103)128)51-53-92(90)126-93-52-44-74(72-45-54-95-88(56-72)82-36-22-24-38-94(82)127(95)80-34-20-11-21-35-80)63-96(93)129(97-64-77(62-91(101)112(97)126)73-46-55-99-89(57-73)83-37-23-25-39-98(83)130-99)113-86(70-30-16-9-17-31-70)60-76(61-87(113)71-32-18-10-19-33-71)67-42-49-79(50-43-67)117(4,5)6/h7-65,101H,1-6H3. The molecule has 16 radical (unpaired) electrons. The van der Waals surface area contributed by atoms with Gasteiger partial charge in [0.2, 0.25) is 6.71 Å². The van der Waals surface area contributed by atoms with Gasteiger partial charge < -0.3 is 18.5 Å². The Labute approximate surface area is 769 Å². The molecular formula is C117H78B9N3O. The van der Waals surface area contributed by atoms with Crippen LogP contribution in [0.25, 0.3) is 166 Å². The average Bonchev–Trinajstić information content (AvgIpc) is 1.23. The molecule has 594 valence electrons. The van der Waals surface area contributed by atoms with Gasteiger partial charge in [-0.15, -0.1) is 21.9 Å². The fourth-order valence-electron chi connectivity index (χ4n) is 21.0. The van der Waals surface area contributed by atoms with Crippen LogP contribution in [0.4, 0.5) is 17.1 Å². The fourth-order valence-corrected chi connectivity index (χ4v) is 21.0. The van der Waals surface area contributed by atoms with E-state index in [4.69, 9.17) is 67.2 Å². The highest BCUT2D eigenvalue weighted by atomic mass is 16.3. The highest BCUT2D eigenvalue weighted by Gasteiger charge is 2.47. The molecule has 0 aliphatic carbocycles. The first kappa shape index (κ1) is 80.3. The summed E-state index contributed by atoms with van der Waals surface area (Å²) in [5.74, 6) is -0.631. The molecule has 5 heterocycles. The normalized spacial score (nSPS) is 13.1. The largest absolute Gasteiger partial charge is 0.456 e. The van der Waals surface area contributed by atoms with Gasteiger partial charge in [-0.25, -0.2) is 0 Å². The van der Waals surface area contributed by atoms with E-state index in [0.29, 0.717) is 27.5 Å². The van der Waals surface area contributed by atoms with Gasteiger partial charge >= 0.3 is 0 Å². The van der Waals surface area contributed by atoms with E-state index < -0.39 is 12.6 Å². The Bertz CT molecular complexity index is 8060. The molecule has 130 heavy (non-hydrogen) atoms. The molecule has 0 saturated heterocycles. The molecule has 13 heteroatoms. The van der Waals surface area contributed by atoms with Crippen LogP contribution in [-0.2, 0) is 10.8 Å². The molecule has 23 rings (SSSR count). The molecule has 0 amide bonds. The molecule has 2 aliphatic heterocycles. The van der Waals surface area contributed by atoms with Crippen LogP contribution >= 0.6 is 0 Å². The zero-order valence-corrected chi connectivity index (χ0v) is 73.1. The molecule has 2 aliphatic rings. The number of furan rings is 1. The van der Waals surface area contributed by atoms with Crippen LogP contribution in [0, 0.1) is 0 Å². The second-order valence-electron chi connectivity index (χ2n) is 37.1. The minimum Gasteiger partial charge on any atom is -0.456 e. The topological polar surface area (TPSA) is 26.2 Å². The predicted octanol–water partition coefficient (Wildman–Crippen LogP) is 19.9. The minimum absolute atomic E-state index is 0.0748. The minimum atomic E-state index is -0.631. The number of benzene rings is 18. The Morgan fingerprint density at radius 1 is 0.277 bits per heavy atom. The third-order valence-electron chi connectivity index (χ3n) is 27.6. The first-order valence-electron chi connectivity index (χ1n) is 44.5. The number of hydrogen-bond donors (Lipinski definition) is 0. The molecule has 4 nitrogen and oxygen atoms in total. The third kappa shape index (κ3) is 12.8. The van der Waals surface area contributed by atoms with Crippen molar-refractivity contribution in [3.05, 3.63) is 386 Å². The van der Waals surface area contributed by atoms with Gasteiger partial charge in [0, 0.05) is 72.4 Å².